The van der Waals surface area contributed by atoms with E-state index < -0.39 is 5.82 Å². The molecule has 0 N–H and O–H groups in total. The van der Waals surface area contributed by atoms with Gasteiger partial charge in [-0.2, -0.15) is 0 Å². The van der Waals surface area contributed by atoms with Gasteiger partial charge in [-0.1, -0.05) is 17.4 Å². The number of rotatable bonds is 6. The van der Waals surface area contributed by atoms with Crippen LogP contribution in [0.3, 0.4) is 0 Å². The van der Waals surface area contributed by atoms with Gasteiger partial charge in [0.25, 0.3) is 5.91 Å². The normalized spacial score (nSPS) is 16.4. The molecular formula is C21H21FN2O3S. The Kier molecular flexibility index (Phi) is 5.54. The molecule has 1 aliphatic heterocycles. The number of benzene rings is 2. The number of anilines is 1. The number of carbonyl (C=O) groups is 1. The fraction of sp³-hybridized carbons (Fsp3) is 0.333. The van der Waals surface area contributed by atoms with Gasteiger partial charge in [-0.05, 0) is 56.2 Å². The van der Waals surface area contributed by atoms with E-state index in [0.29, 0.717) is 30.5 Å². The highest BCUT2D eigenvalue weighted by Gasteiger charge is 2.27. The second kappa shape index (κ2) is 8.24. The van der Waals surface area contributed by atoms with Crippen LogP contribution in [-0.4, -0.2) is 36.8 Å². The number of carbonyl (C=O) groups excluding carboxylic acids is 1. The van der Waals surface area contributed by atoms with Crippen molar-refractivity contribution in [3.05, 3.63) is 53.8 Å². The first kappa shape index (κ1) is 18.8. The van der Waals surface area contributed by atoms with Crippen LogP contribution in [0.4, 0.5) is 9.52 Å². The molecule has 2 heterocycles. The summed E-state index contributed by atoms with van der Waals surface area (Å²) >= 11 is 1.42. The van der Waals surface area contributed by atoms with E-state index in [1.54, 1.807) is 17.0 Å². The number of hydrogen-bond acceptors (Lipinski definition) is 5. The minimum absolute atomic E-state index is 0.0384. The van der Waals surface area contributed by atoms with Crippen molar-refractivity contribution in [1.29, 1.82) is 0 Å². The molecule has 1 atom stereocenters. The zero-order valence-electron chi connectivity index (χ0n) is 15.6. The summed E-state index contributed by atoms with van der Waals surface area (Å²) in [7, 11) is 0. The molecule has 1 unspecified atom stereocenters. The maximum Gasteiger partial charge on any atom is 0.260 e. The fourth-order valence-electron chi connectivity index (χ4n) is 3.28. The van der Waals surface area contributed by atoms with Crippen LogP contribution < -0.4 is 9.64 Å². The summed E-state index contributed by atoms with van der Waals surface area (Å²) in [6.07, 6.45) is 1.83. The number of fused-ring (bicyclic) bond motifs is 1. The molecule has 1 amide bonds. The fourth-order valence-corrected chi connectivity index (χ4v) is 4.28. The molecule has 0 aliphatic carbocycles. The molecular weight excluding hydrogens is 379 g/mol. The van der Waals surface area contributed by atoms with E-state index >= 15 is 0 Å². The third-order valence-electron chi connectivity index (χ3n) is 4.62. The number of thiazole rings is 1. The molecule has 146 valence electrons. The Morgan fingerprint density at radius 3 is 3.00 bits per heavy atom. The summed E-state index contributed by atoms with van der Waals surface area (Å²) in [5.74, 6) is 0.0555. The highest BCUT2D eigenvalue weighted by molar-refractivity contribution is 7.22. The summed E-state index contributed by atoms with van der Waals surface area (Å²) < 4.78 is 25.9. The molecule has 1 aromatic heterocycles. The molecule has 0 spiro atoms. The number of ether oxygens (including phenoxy) is 2. The van der Waals surface area contributed by atoms with E-state index in [9.17, 15) is 9.18 Å². The van der Waals surface area contributed by atoms with Gasteiger partial charge in [-0.25, -0.2) is 9.37 Å². The molecule has 28 heavy (non-hydrogen) atoms. The van der Waals surface area contributed by atoms with E-state index in [0.717, 1.165) is 28.8 Å². The van der Waals surface area contributed by atoms with E-state index in [4.69, 9.17) is 9.47 Å². The standard InChI is InChI=1S/C21H21FN2O3S/c1-2-26-16-8-9-18-19(12-16)28-21(23-18)24(13-17-7-4-10-27-17)20(25)14-5-3-6-15(22)11-14/h3,5-6,8-9,11-12,17H,2,4,7,10,13H2,1H3. The van der Waals surface area contributed by atoms with Crippen LogP contribution in [0.25, 0.3) is 10.2 Å². The van der Waals surface area contributed by atoms with Gasteiger partial charge in [0.1, 0.15) is 11.6 Å². The van der Waals surface area contributed by atoms with Gasteiger partial charge in [0.15, 0.2) is 5.13 Å². The SMILES string of the molecule is CCOc1ccc2nc(N(CC3CCCO3)C(=O)c3cccc(F)c3)sc2c1. The Hall–Kier alpha value is -2.51. The van der Waals surface area contributed by atoms with Crippen molar-refractivity contribution < 1.29 is 18.7 Å². The first-order valence-corrected chi connectivity index (χ1v) is 10.2. The van der Waals surface area contributed by atoms with E-state index in [-0.39, 0.29) is 12.0 Å². The lowest BCUT2D eigenvalue weighted by atomic mass is 10.1. The minimum atomic E-state index is -0.437. The Balaban J connectivity index is 1.69. The predicted molar refractivity (Wildman–Crippen MR) is 108 cm³/mol. The lowest BCUT2D eigenvalue weighted by Crippen LogP contribution is -2.37. The monoisotopic (exact) mass is 400 g/mol. The molecule has 0 saturated carbocycles. The van der Waals surface area contributed by atoms with Crippen molar-refractivity contribution in [3.63, 3.8) is 0 Å². The van der Waals surface area contributed by atoms with Crippen molar-refractivity contribution >= 4 is 32.6 Å². The Morgan fingerprint density at radius 2 is 2.25 bits per heavy atom. The van der Waals surface area contributed by atoms with Crippen molar-refractivity contribution in [1.82, 2.24) is 4.98 Å². The molecule has 1 fully saturated rings. The molecule has 4 rings (SSSR count). The topological polar surface area (TPSA) is 51.7 Å². The van der Waals surface area contributed by atoms with Crippen LogP contribution in [0.5, 0.6) is 5.75 Å². The highest BCUT2D eigenvalue weighted by atomic mass is 32.1. The van der Waals surface area contributed by atoms with Gasteiger partial charge < -0.3 is 9.47 Å². The molecule has 1 saturated heterocycles. The van der Waals surface area contributed by atoms with Gasteiger partial charge in [0.05, 0.1) is 29.5 Å². The molecule has 0 bridgehead atoms. The van der Waals surface area contributed by atoms with Crippen LogP contribution in [0.2, 0.25) is 0 Å². The molecule has 2 aromatic carbocycles. The summed E-state index contributed by atoms with van der Waals surface area (Å²) in [6, 6.07) is 11.4. The van der Waals surface area contributed by atoms with Gasteiger partial charge in [0.2, 0.25) is 0 Å². The highest BCUT2D eigenvalue weighted by Crippen LogP contribution is 2.33. The number of hydrogen-bond donors (Lipinski definition) is 0. The second-order valence-electron chi connectivity index (χ2n) is 6.62. The number of nitrogens with zero attached hydrogens (tertiary/aromatic N) is 2. The molecule has 7 heteroatoms. The Bertz CT molecular complexity index is 985. The lowest BCUT2D eigenvalue weighted by Gasteiger charge is -2.23. The molecule has 1 aliphatic rings. The van der Waals surface area contributed by atoms with E-state index in [1.165, 1.54) is 23.5 Å². The Morgan fingerprint density at radius 1 is 1.36 bits per heavy atom. The predicted octanol–water partition coefficient (Wildman–Crippen LogP) is 4.66. The van der Waals surface area contributed by atoms with E-state index in [2.05, 4.69) is 4.98 Å². The summed E-state index contributed by atoms with van der Waals surface area (Å²) in [6.45, 7) is 3.61. The van der Waals surface area contributed by atoms with Crippen LogP contribution >= 0.6 is 11.3 Å². The summed E-state index contributed by atoms with van der Waals surface area (Å²) in [5.41, 5.74) is 1.10. The average molecular weight is 400 g/mol. The van der Waals surface area contributed by atoms with Gasteiger partial charge in [-0.15, -0.1) is 0 Å². The zero-order chi connectivity index (χ0) is 19.5. The summed E-state index contributed by atoms with van der Waals surface area (Å²) in [5, 5.41) is 0.577. The van der Waals surface area contributed by atoms with Gasteiger partial charge in [0, 0.05) is 12.2 Å². The van der Waals surface area contributed by atoms with Crippen LogP contribution in [0.15, 0.2) is 42.5 Å². The third kappa shape index (κ3) is 4.00. The van der Waals surface area contributed by atoms with Crippen molar-refractivity contribution in [2.45, 2.75) is 25.9 Å². The van der Waals surface area contributed by atoms with E-state index in [1.807, 2.05) is 25.1 Å². The van der Waals surface area contributed by atoms with Crippen molar-refractivity contribution in [3.8, 4) is 5.75 Å². The van der Waals surface area contributed by atoms with Crippen LogP contribution in [0.1, 0.15) is 30.1 Å². The first-order chi connectivity index (χ1) is 13.6. The molecule has 3 aromatic rings. The maximum atomic E-state index is 13.7. The average Bonchev–Trinajstić information content (AvgIpc) is 3.35. The number of aromatic nitrogens is 1. The smallest absolute Gasteiger partial charge is 0.260 e. The van der Waals surface area contributed by atoms with Gasteiger partial charge >= 0.3 is 0 Å². The van der Waals surface area contributed by atoms with Crippen molar-refractivity contribution in [2.75, 3.05) is 24.7 Å². The third-order valence-corrected chi connectivity index (χ3v) is 5.66. The summed E-state index contributed by atoms with van der Waals surface area (Å²) in [4.78, 5) is 19.4. The first-order valence-electron chi connectivity index (χ1n) is 9.36. The second-order valence-corrected chi connectivity index (χ2v) is 7.63. The maximum absolute atomic E-state index is 13.7. The largest absolute Gasteiger partial charge is 0.494 e. The molecule has 0 radical (unpaired) electrons. The van der Waals surface area contributed by atoms with Gasteiger partial charge in [-0.3, -0.25) is 9.69 Å². The number of amides is 1. The zero-order valence-corrected chi connectivity index (χ0v) is 16.4. The number of halogens is 1. The van der Waals surface area contributed by atoms with Crippen molar-refractivity contribution in [2.24, 2.45) is 0 Å². The minimum Gasteiger partial charge on any atom is -0.494 e. The Labute approximate surface area is 166 Å². The molecule has 5 nitrogen and oxygen atoms in total. The van der Waals surface area contributed by atoms with Crippen LogP contribution in [-0.2, 0) is 4.74 Å². The van der Waals surface area contributed by atoms with Crippen LogP contribution in [0, 0.1) is 5.82 Å². The quantitative estimate of drug-likeness (QED) is 0.604. The lowest BCUT2D eigenvalue weighted by molar-refractivity contribution is 0.0917.